The zero-order valence-electron chi connectivity index (χ0n) is 9.94. The van der Waals surface area contributed by atoms with E-state index in [1.165, 1.54) is 11.5 Å². The Kier molecular flexibility index (Phi) is 4.99. The van der Waals surface area contributed by atoms with Crippen LogP contribution in [0.3, 0.4) is 0 Å². The molecule has 0 aliphatic carbocycles. The SMILES string of the molecule is CCNc1nc(C2SCCSC2C)ncc1Br. The third kappa shape index (κ3) is 3.29. The summed E-state index contributed by atoms with van der Waals surface area (Å²) in [6.45, 7) is 5.21. The van der Waals surface area contributed by atoms with Crippen LogP contribution in [0.4, 0.5) is 5.82 Å². The Morgan fingerprint density at radius 2 is 2.24 bits per heavy atom. The van der Waals surface area contributed by atoms with E-state index >= 15 is 0 Å². The number of hydrogen-bond donors (Lipinski definition) is 1. The lowest BCUT2D eigenvalue weighted by atomic mass is 10.3. The fourth-order valence-electron chi connectivity index (χ4n) is 1.73. The largest absolute Gasteiger partial charge is 0.369 e. The van der Waals surface area contributed by atoms with Crippen molar-refractivity contribution in [3.05, 3.63) is 16.5 Å². The van der Waals surface area contributed by atoms with E-state index in [9.17, 15) is 0 Å². The predicted octanol–water partition coefficient (Wildman–Crippen LogP) is 3.58. The number of halogens is 1. The van der Waals surface area contributed by atoms with E-state index in [4.69, 9.17) is 0 Å². The molecule has 1 N–H and O–H groups in total. The molecule has 0 spiro atoms. The minimum Gasteiger partial charge on any atom is -0.369 e. The third-order valence-corrected chi connectivity index (χ3v) is 6.22. The van der Waals surface area contributed by atoms with E-state index in [0.717, 1.165) is 22.7 Å². The van der Waals surface area contributed by atoms with Gasteiger partial charge >= 0.3 is 0 Å². The lowest BCUT2D eigenvalue weighted by molar-refractivity contribution is 0.821. The van der Waals surface area contributed by atoms with E-state index in [0.29, 0.717) is 10.5 Å². The molecule has 1 aliphatic rings. The first-order valence-corrected chi connectivity index (χ1v) is 8.61. The minimum atomic E-state index is 0.416. The van der Waals surface area contributed by atoms with Crippen LogP contribution in [0, 0.1) is 0 Å². The smallest absolute Gasteiger partial charge is 0.144 e. The average Bonchev–Trinajstić information content (AvgIpc) is 2.33. The van der Waals surface area contributed by atoms with Crippen LogP contribution in [-0.2, 0) is 0 Å². The molecule has 1 aromatic rings. The summed E-state index contributed by atoms with van der Waals surface area (Å²) in [4.78, 5) is 9.10. The monoisotopic (exact) mass is 333 g/mol. The van der Waals surface area contributed by atoms with Gasteiger partial charge in [-0.05, 0) is 22.9 Å². The predicted molar refractivity (Wildman–Crippen MR) is 81.0 cm³/mol. The quantitative estimate of drug-likeness (QED) is 0.915. The van der Waals surface area contributed by atoms with Crippen LogP contribution in [0.1, 0.15) is 24.9 Å². The molecule has 0 bridgehead atoms. The lowest BCUT2D eigenvalue weighted by Gasteiger charge is -2.26. The fraction of sp³-hybridized carbons (Fsp3) is 0.636. The number of nitrogens with one attached hydrogen (secondary N) is 1. The van der Waals surface area contributed by atoms with E-state index in [-0.39, 0.29) is 0 Å². The molecule has 3 nitrogen and oxygen atoms in total. The van der Waals surface area contributed by atoms with Crippen molar-refractivity contribution in [2.75, 3.05) is 23.4 Å². The fourth-order valence-corrected chi connectivity index (χ4v) is 4.75. The Bertz CT molecular complexity index is 389. The highest BCUT2D eigenvalue weighted by Gasteiger charge is 2.26. The second-order valence-electron chi connectivity index (χ2n) is 3.82. The first kappa shape index (κ1) is 13.5. The van der Waals surface area contributed by atoms with Gasteiger partial charge in [-0.15, -0.1) is 11.8 Å². The Hall–Kier alpha value is 0.0600. The summed E-state index contributed by atoms with van der Waals surface area (Å²) in [5.74, 6) is 4.28. The number of thioether (sulfide) groups is 2. The van der Waals surface area contributed by atoms with Gasteiger partial charge in [-0.3, -0.25) is 0 Å². The highest BCUT2D eigenvalue weighted by atomic mass is 79.9. The molecule has 0 saturated carbocycles. The Labute approximate surface area is 119 Å². The van der Waals surface area contributed by atoms with Crippen LogP contribution in [0.15, 0.2) is 10.7 Å². The third-order valence-electron chi connectivity index (χ3n) is 2.55. The molecule has 1 fully saturated rings. The highest BCUT2D eigenvalue weighted by molar-refractivity contribution is 9.10. The van der Waals surface area contributed by atoms with Gasteiger partial charge in [0.15, 0.2) is 0 Å². The molecule has 2 unspecified atom stereocenters. The second kappa shape index (κ2) is 6.29. The average molecular weight is 334 g/mol. The van der Waals surface area contributed by atoms with Crippen LogP contribution in [-0.4, -0.2) is 33.3 Å². The van der Waals surface area contributed by atoms with Gasteiger partial charge in [0.2, 0.25) is 0 Å². The molecule has 1 saturated heterocycles. The second-order valence-corrected chi connectivity index (χ2v) is 7.41. The number of hydrogen-bond acceptors (Lipinski definition) is 5. The van der Waals surface area contributed by atoms with Crippen molar-refractivity contribution in [3.63, 3.8) is 0 Å². The summed E-state index contributed by atoms with van der Waals surface area (Å²) in [6, 6.07) is 0. The molecular weight excluding hydrogens is 318 g/mol. The molecule has 0 amide bonds. The summed E-state index contributed by atoms with van der Waals surface area (Å²) in [5, 5.41) is 4.26. The summed E-state index contributed by atoms with van der Waals surface area (Å²) in [5.41, 5.74) is 0. The van der Waals surface area contributed by atoms with Gasteiger partial charge in [0, 0.05) is 29.5 Å². The topological polar surface area (TPSA) is 37.8 Å². The molecule has 1 aliphatic heterocycles. The lowest BCUT2D eigenvalue weighted by Crippen LogP contribution is -2.18. The van der Waals surface area contributed by atoms with Crippen molar-refractivity contribution in [1.82, 2.24) is 9.97 Å². The number of aromatic nitrogens is 2. The first-order valence-electron chi connectivity index (χ1n) is 5.72. The van der Waals surface area contributed by atoms with Gasteiger partial charge in [0.05, 0.1) is 9.72 Å². The summed E-state index contributed by atoms with van der Waals surface area (Å²) < 4.78 is 0.934. The van der Waals surface area contributed by atoms with Crippen LogP contribution >= 0.6 is 39.5 Å². The molecule has 1 aromatic heterocycles. The van der Waals surface area contributed by atoms with Gasteiger partial charge < -0.3 is 5.32 Å². The van der Waals surface area contributed by atoms with Crippen molar-refractivity contribution in [2.45, 2.75) is 24.3 Å². The van der Waals surface area contributed by atoms with Gasteiger partial charge in [0.25, 0.3) is 0 Å². The first-order chi connectivity index (χ1) is 8.22. The Morgan fingerprint density at radius 3 is 2.94 bits per heavy atom. The summed E-state index contributed by atoms with van der Waals surface area (Å²) in [6.07, 6.45) is 1.85. The van der Waals surface area contributed by atoms with E-state index in [1.54, 1.807) is 0 Å². The standard InChI is InChI=1S/C11H16BrN3S2/c1-3-13-10-8(12)6-14-11(15-10)9-7(2)16-4-5-17-9/h6-7,9H,3-5H2,1-2H3,(H,13,14,15). The molecule has 6 heteroatoms. The Morgan fingerprint density at radius 1 is 1.47 bits per heavy atom. The molecule has 2 rings (SSSR count). The van der Waals surface area contributed by atoms with E-state index in [1.807, 2.05) is 29.7 Å². The van der Waals surface area contributed by atoms with Gasteiger partial charge in [-0.1, -0.05) is 6.92 Å². The van der Waals surface area contributed by atoms with Crippen molar-refractivity contribution in [2.24, 2.45) is 0 Å². The van der Waals surface area contributed by atoms with Gasteiger partial charge in [-0.25, -0.2) is 9.97 Å². The molecule has 0 aromatic carbocycles. The van der Waals surface area contributed by atoms with Crippen LogP contribution in [0.2, 0.25) is 0 Å². The van der Waals surface area contributed by atoms with Crippen LogP contribution < -0.4 is 5.32 Å². The van der Waals surface area contributed by atoms with Crippen molar-refractivity contribution in [1.29, 1.82) is 0 Å². The molecule has 2 atom stereocenters. The van der Waals surface area contributed by atoms with Crippen molar-refractivity contribution in [3.8, 4) is 0 Å². The highest BCUT2D eigenvalue weighted by Crippen LogP contribution is 2.41. The molecule has 2 heterocycles. The number of nitrogens with zero attached hydrogens (tertiary/aromatic N) is 2. The maximum atomic E-state index is 4.63. The van der Waals surface area contributed by atoms with E-state index < -0.39 is 0 Å². The number of anilines is 1. The van der Waals surface area contributed by atoms with Crippen molar-refractivity contribution >= 4 is 45.3 Å². The maximum absolute atomic E-state index is 4.63. The Balaban J connectivity index is 2.22. The van der Waals surface area contributed by atoms with Crippen LogP contribution in [0.5, 0.6) is 0 Å². The zero-order chi connectivity index (χ0) is 12.3. The van der Waals surface area contributed by atoms with Crippen LogP contribution in [0.25, 0.3) is 0 Å². The molecule has 94 valence electrons. The summed E-state index contributed by atoms with van der Waals surface area (Å²) in [7, 11) is 0. The normalized spacial score (nSPS) is 24.6. The van der Waals surface area contributed by atoms with E-state index in [2.05, 4.69) is 45.1 Å². The molecular formula is C11H16BrN3S2. The number of rotatable bonds is 3. The molecule has 0 radical (unpaired) electrons. The summed E-state index contributed by atoms with van der Waals surface area (Å²) >= 11 is 7.45. The zero-order valence-corrected chi connectivity index (χ0v) is 13.2. The molecule has 17 heavy (non-hydrogen) atoms. The van der Waals surface area contributed by atoms with Gasteiger partial charge in [-0.2, -0.15) is 11.8 Å². The van der Waals surface area contributed by atoms with Crippen molar-refractivity contribution < 1.29 is 0 Å². The van der Waals surface area contributed by atoms with Gasteiger partial charge in [0.1, 0.15) is 11.6 Å². The maximum Gasteiger partial charge on any atom is 0.144 e. The minimum absolute atomic E-state index is 0.416.